The first-order valence-corrected chi connectivity index (χ1v) is 11.9. The molecule has 1 saturated carbocycles. The largest absolute Gasteiger partial charge is 0.505 e. The topological polar surface area (TPSA) is 148 Å². The van der Waals surface area contributed by atoms with Gasteiger partial charge < -0.3 is 15.3 Å². The van der Waals surface area contributed by atoms with Gasteiger partial charge in [-0.3, -0.25) is 4.72 Å². The number of sulfonamides is 1. The minimum absolute atomic E-state index is 0.218. The maximum atomic E-state index is 12.9. The number of anilines is 1. The van der Waals surface area contributed by atoms with Crippen LogP contribution in [0.3, 0.4) is 0 Å². The Hall–Kier alpha value is -2.48. The van der Waals surface area contributed by atoms with Crippen molar-refractivity contribution in [3.8, 4) is 17.6 Å². The Labute approximate surface area is 192 Å². The van der Waals surface area contributed by atoms with Crippen molar-refractivity contribution in [1.82, 2.24) is 0 Å². The third-order valence-corrected chi connectivity index (χ3v) is 7.47. The zero-order valence-corrected chi connectivity index (χ0v) is 19.2. The second-order valence-corrected chi connectivity index (χ2v) is 10.3. The van der Waals surface area contributed by atoms with Crippen LogP contribution in [-0.2, 0) is 15.4 Å². The van der Waals surface area contributed by atoms with Crippen LogP contribution in [0.5, 0.6) is 11.5 Å². The van der Waals surface area contributed by atoms with Gasteiger partial charge in [-0.1, -0.05) is 46.8 Å². The van der Waals surface area contributed by atoms with E-state index in [0.717, 1.165) is 25.3 Å². The molecule has 1 aliphatic carbocycles. The Morgan fingerprint density at radius 3 is 2.35 bits per heavy atom. The number of nitrogens with one attached hydrogen (secondary N) is 1. The Morgan fingerprint density at radius 1 is 1.13 bits per heavy atom. The molecule has 8 nitrogen and oxygen atoms in total. The van der Waals surface area contributed by atoms with Crippen LogP contribution in [0.2, 0.25) is 5.02 Å². The molecule has 4 N–H and O–H groups in total. The predicted molar refractivity (Wildman–Crippen MR) is 117 cm³/mol. The molecular formula is C20H18BrClN2O6S. The Bertz CT molecular complexity index is 1200. The zero-order valence-electron chi connectivity index (χ0n) is 16.0. The van der Waals surface area contributed by atoms with Crippen molar-refractivity contribution in [3.05, 3.63) is 44.9 Å². The van der Waals surface area contributed by atoms with Crippen LogP contribution in [0.1, 0.15) is 48.0 Å². The van der Waals surface area contributed by atoms with Gasteiger partial charge in [0.1, 0.15) is 10.5 Å². The summed E-state index contributed by atoms with van der Waals surface area (Å²) < 4.78 is 28.3. The molecule has 0 radical (unpaired) electrons. The van der Waals surface area contributed by atoms with Crippen molar-refractivity contribution in [3.63, 3.8) is 0 Å². The van der Waals surface area contributed by atoms with Crippen molar-refractivity contribution in [2.24, 2.45) is 0 Å². The number of carboxylic acid groups (broad SMARTS) is 1. The van der Waals surface area contributed by atoms with E-state index in [2.05, 4.69) is 26.7 Å². The minimum Gasteiger partial charge on any atom is -0.505 e. The van der Waals surface area contributed by atoms with Gasteiger partial charge in [-0.15, -0.1) is 0 Å². The van der Waals surface area contributed by atoms with E-state index in [1.165, 1.54) is 18.2 Å². The number of aromatic carboxylic acids is 1. The van der Waals surface area contributed by atoms with Crippen LogP contribution in [-0.4, -0.2) is 29.7 Å². The predicted octanol–water partition coefficient (Wildman–Crippen LogP) is 4.74. The van der Waals surface area contributed by atoms with E-state index in [-0.39, 0.29) is 9.50 Å². The standard InChI is InChI=1S/C20H18BrClN2O6S/c21-12-8-14(22)18(26)16(9-12)31(29,30)24-15-7-11(6-13(17(15)25)19(27)28)20(10-23)4-2-1-3-5-20/h6-9,24-26H,1-5H2,(H,27,28). The van der Waals surface area contributed by atoms with Crippen molar-refractivity contribution in [2.75, 3.05) is 4.72 Å². The summed E-state index contributed by atoms with van der Waals surface area (Å²) in [5.41, 5.74) is -1.63. The van der Waals surface area contributed by atoms with Crippen LogP contribution in [0, 0.1) is 11.3 Å². The molecule has 164 valence electrons. The summed E-state index contributed by atoms with van der Waals surface area (Å²) in [6.07, 6.45) is 3.45. The number of hydrogen-bond donors (Lipinski definition) is 4. The fourth-order valence-corrected chi connectivity index (χ4v) is 5.94. The SMILES string of the molecule is N#CC1(c2cc(NS(=O)(=O)c3cc(Br)cc(Cl)c3O)c(O)c(C(=O)O)c2)CCCCC1. The lowest BCUT2D eigenvalue weighted by Crippen LogP contribution is -2.28. The highest BCUT2D eigenvalue weighted by molar-refractivity contribution is 9.10. The monoisotopic (exact) mass is 528 g/mol. The van der Waals surface area contributed by atoms with Gasteiger partial charge in [-0.2, -0.15) is 5.26 Å². The lowest BCUT2D eigenvalue weighted by Gasteiger charge is -2.32. The Balaban J connectivity index is 2.16. The van der Waals surface area contributed by atoms with Gasteiger partial charge in [0.05, 0.1) is 22.2 Å². The number of benzene rings is 2. The lowest BCUT2D eigenvalue weighted by atomic mass is 9.70. The molecule has 1 aliphatic rings. The molecule has 0 amide bonds. The maximum absolute atomic E-state index is 12.9. The van der Waals surface area contributed by atoms with Gasteiger partial charge in [0, 0.05) is 4.47 Å². The molecule has 0 aliphatic heterocycles. The van der Waals surface area contributed by atoms with Gasteiger partial charge in [0.25, 0.3) is 10.0 Å². The molecule has 0 heterocycles. The van der Waals surface area contributed by atoms with Gasteiger partial charge in [0.15, 0.2) is 11.5 Å². The van der Waals surface area contributed by atoms with Gasteiger partial charge >= 0.3 is 5.97 Å². The molecule has 2 aromatic rings. The number of halogens is 2. The number of nitriles is 1. The highest BCUT2D eigenvalue weighted by Gasteiger charge is 2.36. The maximum Gasteiger partial charge on any atom is 0.339 e. The number of carboxylic acids is 1. The molecular weight excluding hydrogens is 512 g/mol. The Morgan fingerprint density at radius 2 is 1.77 bits per heavy atom. The first-order valence-electron chi connectivity index (χ1n) is 9.23. The molecule has 3 rings (SSSR count). The summed E-state index contributed by atoms with van der Waals surface area (Å²) in [7, 11) is -4.48. The first-order chi connectivity index (χ1) is 14.5. The fraction of sp³-hybridized carbons (Fsp3) is 0.300. The number of hydrogen-bond acceptors (Lipinski definition) is 6. The molecule has 0 aromatic heterocycles. The van der Waals surface area contributed by atoms with E-state index in [0.29, 0.717) is 18.4 Å². The van der Waals surface area contributed by atoms with E-state index in [4.69, 9.17) is 11.6 Å². The molecule has 1 fully saturated rings. The lowest BCUT2D eigenvalue weighted by molar-refractivity contribution is 0.0693. The number of nitrogens with zero attached hydrogens (tertiary/aromatic N) is 1. The second-order valence-electron chi connectivity index (χ2n) is 7.32. The molecule has 0 unspecified atom stereocenters. The van der Waals surface area contributed by atoms with Crippen molar-refractivity contribution in [2.45, 2.75) is 42.4 Å². The number of phenolic OH excluding ortho intramolecular Hbond substituents is 1. The number of phenols is 2. The van der Waals surface area contributed by atoms with Gasteiger partial charge in [-0.05, 0) is 42.7 Å². The highest BCUT2D eigenvalue weighted by atomic mass is 79.9. The fourth-order valence-electron chi connectivity index (χ4n) is 3.72. The van der Waals surface area contributed by atoms with Crippen LogP contribution in [0.4, 0.5) is 5.69 Å². The Kier molecular flexibility index (Phi) is 6.41. The van der Waals surface area contributed by atoms with E-state index < -0.39 is 49.1 Å². The minimum atomic E-state index is -4.48. The number of carbonyl (C=O) groups is 1. The van der Waals surface area contributed by atoms with Crippen molar-refractivity contribution in [1.29, 1.82) is 5.26 Å². The summed E-state index contributed by atoms with van der Waals surface area (Å²) >= 11 is 8.95. The second kappa shape index (κ2) is 8.57. The van der Waals surface area contributed by atoms with Crippen LogP contribution in [0.25, 0.3) is 0 Å². The van der Waals surface area contributed by atoms with E-state index in [1.807, 2.05) is 0 Å². The average molecular weight is 530 g/mol. The third-order valence-electron chi connectivity index (χ3n) is 5.34. The third kappa shape index (κ3) is 4.44. The number of rotatable bonds is 5. The highest BCUT2D eigenvalue weighted by Crippen LogP contribution is 2.43. The molecule has 11 heteroatoms. The smallest absolute Gasteiger partial charge is 0.339 e. The summed E-state index contributed by atoms with van der Waals surface area (Å²) in [4.78, 5) is 11.1. The van der Waals surface area contributed by atoms with Gasteiger partial charge in [-0.25, -0.2) is 13.2 Å². The van der Waals surface area contributed by atoms with E-state index >= 15 is 0 Å². The van der Waals surface area contributed by atoms with Crippen LogP contribution < -0.4 is 4.72 Å². The molecule has 0 spiro atoms. The molecule has 0 bridgehead atoms. The summed E-state index contributed by atoms with van der Waals surface area (Å²) in [5.74, 6) is -2.98. The molecule has 0 atom stereocenters. The van der Waals surface area contributed by atoms with E-state index in [9.17, 15) is 33.8 Å². The van der Waals surface area contributed by atoms with Gasteiger partial charge in [0.2, 0.25) is 0 Å². The first kappa shape index (κ1) is 23.2. The summed E-state index contributed by atoms with van der Waals surface area (Å²) in [6, 6.07) is 7.14. The quantitative estimate of drug-likeness (QED) is 0.409. The zero-order chi connectivity index (χ0) is 23.0. The molecule has 2 aromatic carbocycles. The van der Waals surface area contributed by atoms with Crippen LogP contribution in [0.15, 0.2) is 33.6 Å². The van der Waals surface area contributed by atoms with Crippen molar-refractivity contribution < 1.29 is 28.5 Å². The summed E-state index contributed by atoms with van der Waals surface area (Å²) in [6.45, 7) is 0. The van der Waals surface area contributed by atoms with Crippen molar-refractivity contribution >= 4 is 49.2 Å². The molecule has 0 saturated heterocycles. The average Bonchev–Trinajstić information content (AvgIpc) is 2.72. The number of aromatic hydroxyl groups is 2. The van der Waals surface area contributed by atoms with E-state index in [1.54, 1.807) is 0 Å². The molecule has 31 heavy (non-hydrogen) atoms. The summed E-state index contributed by atoms with van der Waals surface area (Å²) in [5, 5.41) is 39.7. The normalized spacial score (nSPS) is 15.8. The van der Waals surface area contributed by atoms with Crippen LogP contribution >= 0.6 is 27.5 Å².